The van der Waals surface area contributed by atoms with Crippen molar-refractivity contribution in [1.29, 1.82) is 0 Å². The lowest BCUT2D eigenvalue weighted by Crippen LogP contribution is -2.05. The van der Waals surface area contributed by atoms with Crippen LogP contribution in [0.3, 0.4) is 0 Å². The third-order valence-corrected chi connectivity index (χ3v) is 3.82. The van der Waals surface area contributed by atoms with E-state index in [0.717, 1.165) is 23.2 Å². The zero-order valence-electron chi connectivity index (χ0n) is 11.8. The maximum absolute atomic E-state index is 6.36. The average Bonchev–Trinajstić information content (AvgIpc) is 2.43. The van der Waals surface area contributed by atoms with Crippen LogP contribution in [0.4, 0.5) is 0 Å². The van der Waals surface area contributed by atoms with Crippen LogP contribution in [-0.4, -0.2) is 14.2 Å². The fraction of sp³-hybridized carbons (Fsp3) is 0.250. The summed E-state index contributed by atoms with van der Waals surface area (Å²) in [4.78, 5) is 0. The van der Waals surface area contributed by atoms with Crippen molar-refractivity contribution >= 4 is 23.2 Å². The summed E-state index contributed by atoms with van der Waals surface area (Å²) in [6.07, 6.45) is 0. The first kappa shape index (κ1) is 15.2. The van der Waals surface area contributed by atoms with Gasteiger partial charge in [-0.15, -0.1) is 0 Å². The maximum atomic E-state index is 6.36. The Hall–Kier alpha value is -1.22. The first-order valence-electron chi connectivity index (χ1n) is 6.34. The van der Waals surface area contributed by atoms with Crippen LogP contribution >= 0.6 is 23.2 Å². The fourth-order valence-corrected chi connectivity index (χ4v) is 2.66. The average molecular weight is 310 g/mol. The molecule has 0 spiro atoms. The molecule has 0 heterocycles. The lowest BCUT2D eigenvalue weighted by molar-refractivity contribution is 0.415. The minimum absolute atomic E-state index is 0.560. The van der Waals surface area contributed by atoms with E-state index >= 15 is 0 Å². The van der Waals surface area contributed by atoms with Crippen LogP contribution in [0.25, 0.3) is 11.1 Å². The highest BCUT2D eigenvalue weighted by Crippen LogP contribution is 2.38. The highest BCUT2D eigenvalue weighted by Gasteiger charge is 2.12. The van der Waals surface area contributed by atoms with Crippen LogP contribution in [0.2, 0.25) is 10.0 Å². The minimum atomic E-state index is 0.560. The van der Waals surface area contributed by atoms with Gasteiger partial charge in [-0.25, -0.2) is 0 Å². The van der Waals surface area contributed by atoms with Crippen molar-refractivity contribution in [2.75, 3.05) is 14.2 Å². The molecule has 0 saturated heterocycles. The summed E-state index contributed by atoms with van der Waals surface area (Å²) in [6, 6.07) is 9.94. The highest BCUT2D eigenvalue weighted by atomic mass is 35.5. The molecule has 0 aliphatic heterocycles. The van der Waals surface area contributed by atoms with E-state index in [4.69, 9.17) is 27.9 Å². The summed E-state index contributed by atoms with van der Waals surface area (Å²) in [5.74, 6) is 0.587. The summed E-state index contributed by atoms with van der Waals surface area (Å²) in [6.45, 7) is 2.88. The Bertz CT molecular complexity index is 626. The predicted octanol–water partition coefficient (Wildman–Crippen LogP) is 4.70. The minimum Gasteiger partial charge on any atom is -0.495 e. The number of methoxy groups -OCH3 is 1. The Balaban J connectivity index is 2.55. The van der Waals surface area contributed by atoms with Crippen LogP contribution in [0.15, 0.2) is 30.3 Å². The Kier molecular flexibility index (Phi) is 4.92. The van der Waals surface area contributed by atoms with Crippen LogP contribution in [0, 0.1) is 6.92 Å². The van der Waals surface area contributed by atoms with Gasteiger partial charge in [0, 0.05) is 18.2 Å². The fourth-order valence-electron chi connectivity index (χ4n) is 2.16. The van der Waals surface area contributed by atoms with Crippen molar-refractivity contribution in [2.45, 2.75) is 13.5 Å². The zero-order valence-corrected chi connectivity index (χ0v) is 13.3. The summed E-state index contributed by atoms with van der Waals surface area (Å²) < 4.78 is 5.18. The van der Waals surface area contributed by atoms with Crippen LogP contribution in [0.5, 0.6) is 5.75 Å². The first-order valence-corrected chi connectivity index (χ1v) is 7.10. The highest BCUT2D eigenvalue weighted by molar-refractivity contribution is 6.36. The van der Waals surface area contributed by atoms with Gasteiger partial charge in [0.2, 0.25) is 0 Å². The molecule has 2 rings (SSSR count). The molecule has 0 aromatic heterocycles. The smallest absolute Gasteiger partial charge is 0.138 e. The van der Waals surface area contributed by atoms with E-state index in [1.165, 1.54) is 5.56 Å². The molecule has 0 saturated carbocycles. The molecule has 1 N–H and O–H groups in total. The number of halogens is 2. The van der Waals surface area contributed by atoms with E-state index in [1.54, 1.807) is 13.2 Å². The van der Waals surface area contributed by atoms with Gasteiger partial charge in [-0.3, -0.25) is 0 Å². The zero-order chi connectivity index (χ0) is 14.7. The van der Waals surface area contributed by atoms with Crippen LogP contribution < -0.4 is 10.1 Å². The number of hydrogen-bond donors (Lipinski definition) is 1. The molecular weight excluding hydrogens is 293 g/mol. The monoisotopic (exact) mass is 309 g/mol. The number of rotatable bonds is 4. The Morgan fingerprint density at radius 1 is 1.05 bits per heavy atom. The molecule has 106 valence electrons. The van der Waals surface area contributed by atoms with Crippen LogP contribution in [0.1, 0.15) is 11.1 Å². The number of benzene rings is 2. The van der Waals surface area contributed by atoms with Crippen molar-refractivity contribution in [1.82, 2.24) is 5.32 Å². The molecule has 20 heavy (non-hydrogen) atoms. The van der Waals surface area contributed by atoms with Gasteiger partial charge in [0.1, 0.15) is 5.75 Å². The first-order chi connectivity index (χ1) is 9.56. The van der Waals surface area contributed by atoms with Gasteiger partial charge >= 0.3 is 0 Å². The molecule has 0 aliphatic rings. The van der Waals surface area contributed by atoms with E-state index in [1.807, 2.05) is 13.1 Å². The molecule has 2 aromatic carbocycles. The number of aryl methyl sites for hydroxylation is 1. The van der Waals surface area contributed by atoms with Gasteiger partial charge in [-0.1, -0.05) is 35.3 Å². The second-order valence-corrected chi connectivity index (χ2v) is 5.46. The Morgan fingerprint density at radius 2 is 1.80 bits per heavy atom. The third kappa shape index (κ3) is 3.09. The summed E-state index contributed by atoms with van der Waals surface area (Å²) in [5, 5.41) is 4.34. The van der Waals surface area contributed by atoms with Crippen molar-refractivity contribution < 1.29 is 4.74 Å². The maximum Gasteiger partial charge on any atom is 0.138 e. The molecule has 4 heteroatoms. The molecule has 2 nitrogen and oxygen atoms in total. The Labute approximate surface area is 129 Å². The summed E-state index contributed by atoms with van der Waals surface area (Å²) in [7, 11) is 3.51. The molecule has 2 aromatic rings. The topological polar surface area (TPSA) is 21.3 Å². The van der Waals surface area contributed by atoms with Gasteiger partial charge in [-0.05, 0) is 42.8 Å². The van der Waals surface area contributed by atoms with Crippen molar-refractivity contribution in [3.05, 3.63) is 51.5 Å². The standard InChI is InChI=1S/C16H17Cl2NO/c1-10-4-5-11(9-19-2)6-12(10)13-7-15(18)16(20-3)8-14(13)17/h4-8,19H,9H2,1-3H3. The van der Waals surface area contributed by atoms with Gasteiger partial charge in [0.05, 0.1) is 17.2 Å². The van der Waals surface area contributed by atoms with Crippen molar-refractivity contribution in [3.8, 4) is 16.9 Å². The van der Waals surface area contributed by atoms with Crippen molar-refractivity contribution in [2.24, 2.45) is 0 Å². The van der Waals surface area contributed by atoms with E-state index in [9.17, 15) is 0 Å². The lowest BCUT2D eigenvalue weighted by atomic mass is 9.98. The van der Waals surface area contributed by atoms with E-state index in [-0.39, 0.29) is 0 Å². The second-order valence-electron chi connectivity index (χ2n) is 4.65. The largest absolute Gasteiger partial charge is 0.495 e. The molecule has 0 atom stereocenters. The van der Waals surface area contributed by atoms with E-state index in [2.05, 4.69) is 30.4 Å². The molecule has 0 radical (unpaired) electrons. The SMILES string of the molecule is CNCc1ccc(C)c(-c2cc(Cl)c(OC)cc2Cl)c1. The molecule has 0 amide bonds. The summed E-state index contributed by atoms with van der Waals surface area (Å²) >= 11 is 12.6. The molecule has 0 fully saturated rings. The van der Waals surface area contributed by atoms with Crippen molar-refractivity contribution in [3.63, 3.8) is 0 Å². The summed E-state index contributed by atoms with van der Waals surface area (Å²) in [5.41, 5.74) is 4.38. The van der Waals surface area contributed by atoms with Crippen LogP contribution in [-0.2, 0) is 6.54 Å². The number of ether oxygens (including phenoxy) is 1. The van der Waals surface area contributed by atoms with E-state index < -0.39 is 0 Å². The van der Waals surface area contributed by atoms with Gasteiger partial charge in [0.15, 0.2) is 0 Å². The Morgan fingerprint density at radius 3 is 2.45 bits per heavy atom. The third-order valence-electron chi connectivity index (χ3n) is 3.21. The predicted molar refractivity (Wildman–Crippen MR) is 86.0 cm³/mol. The second kappa shape index (κ2) is 6.49. The lowest BCUT2D eigenvalue weighted by Gasteiger charge is -2.13. The quantitative estimate of drug-likeness (QED) is 0.884. The van der Waals surface area contributed by atoms with Gasteiger partial charge < -0.3 is 10.1 Å². The molecular formula is C16H17Cl2NO. The van der Waals surface area contributed by atoms with E-state index in [0.29, 0.717) is 15.8 Å². The number of hydrogen-bond acceptors (Lipinski definition) is 2. The number of nitrogens with one attached hydrogen (secondary N) is 1. The van der Waals surface area contributed by atoms with Gasteiger partial charge in [-0.2, -0.15) is 0 Å². The van der Waals surface area contributed by atoms with Gasteiger partial charge in [0.25, 0.3) is 0 Å². The molecule has 0 bridgehead atoms. The molecule has 0 aliphatic carbocycles. The normalized spacial score (nSPS) is 10.7. The molecule has 0 unspecified atom stereocenters.